The van der Waals surface area contributed by atoms with Crippen molar-refractivity contribution < 1.29 is 4.79 Å². The van der Waals surface area contributed by atoms with Gasteiger partial charge < -0.3 is 0 Å². The van der Waals surface area contributed by atoms with Crippen LogP contribution in [-0.4, -0.2) is 13.8 Å². The Balaban J connectivity index is 3.15. The second kappa shape index (κ2) is 4.29. The highest BCUT2D eigenvalue weighted by molar-refractivity contribution is 14.1. The van der Waals surface area contributed by atoms with Crippen molar-refractivity contribution in [1.29, 1.82) is 0 Å². The fourth-order valence-corrected chi connectivity index (χ4v) is 1.53. The fraction of sp³-hybridized carbons (Fsp3) is 0. The second-order valence-corrected chi connectivity index (χ2v) is 3.51. The molecule has 0 fully saturated rings. The largest absolute Gasteiger partial charge is 0.287 e. The smallest absolute Gasteiger partial charge is 0.249 e. The van der Waals surface area contributed by atoms with Crippen LogP contribution in [0.15, 0.2) is 23.3 Å². The van der Waals surface area contributed by atoms with E-state index in [9.17, 15) is 4.79 Å². The van der Waals surface area contributed by atoms with Gasteiger partial charge in [0.15, 0.2) is 0 Å². The number of carbonyl (C=O) groups excluding carboxylic acids is 1. The molecule has 0 saturated carbocycles. The number of rotatable bonds is 1. The minimum absolute atomic E-state index is 0.308. The molecule has 2 radical (unpaired) electrons. The second-order valence-electron chi connectivity index (χ2n) is 2.27. The zero-order chi connectivity index (χ0) is 9.84. The maximum Gasteiger partial charge on any atom is 0.249 e. The first kappa shape index (κ1) is 10.1. The molecule has 0 unspecified atom stereocenters. The molecule has 0 spiro atoms. The fourth-order valence-electron chi connectivity index (χ4n) is 0.834. The summed E-state index contributed by atoms with van der Waals surface area (Å²) in [4.78, 5) is 13.5. The highest BCUT2D eigenvalue weighted by Crippen LogP contribution is 2.07. The number of carbonyl (C=O) groups is 1. The number of benzene rings is 1. The van der Waals surface area contributed by atoms with Gasteiger partial charge in [-0.1, -0.05) is 17.6 Å². The highest BCUT2D eigenvalue weighted by atomic mass is 127. The summed E-state index contributed by atoms with van der Waals surface area (Å²) in [5.74, 6) is -0.618. The van der Waals surface area contributed by atoms with E-state index in [0.29, 0.717) is 11.0 Å². The van der Waals surface area contributed by atoms with Gasteiger partial charge in [-0.3, -0.25) is 4.79 Å². The van der Waals surface area contributed by atoms with Crippen molar-refractivity contribution in [2.24, 2.45) is 5.11 Å². The molecule has 0 aliphatic rings. The number of amides is 1. The summed E-state index contributed by atoms with van der Waals surface area (Å²) < 4.78 is 0.828. The van der Waals surface area contributed by atoms with Gasteiger partial charge in [0.2, 0.25) is 5.91 Å². The van der Waals surface area contributed by atoms with E-state index in [1.54, 1.807) is 12.1 Å². The zero-order valence-electron chi connectivity index (χ0n) is 6.44. The van der Waals surface area contributed by atoms with Crippen molar-refractivity contribution in [2.45, 2.75) is 0 Å². The summed E-state index contributed by atoms with van der Waals surface area (Å²) >= 11 is 2.03. The molecule has 1 aromatic rings. The first-order valence-electron chi connectivity index (χ1n) is 3.29. The number of hydrogen-bond donors (Lipinski definition) is 0. The minimum atomic E-state index is -0.618. The van der Waals surface area contributed by atoms with Crippen LogP contribution >= 0.6 is 22.6 Å². The Kier molecular flexibility index (Phi) is 3.33. The van der Waals surface area contributed by atoms with E-state index in [4.69, 9.17) is 13.4 Å². The third-order valence-corrected chi connectivity index (χ3v) is 1.93. The van der Waals surface area contributed by atoms with Crippen molar-refractivity contribution in [2.75, 3.05) is 0 Å². The SMILES string of the molecule is [B]c1cc(I)cc(C(=O)N=[N+]=[N-])c1. The average molecular weight is 283 g/mol. The van der Waals surface area contributed by atoms with E-state index in [1.807, 2.05) is 22.6 Å². The summed E-state index contributed by atoms with van der Waals surface area (Å²) in [5.41, 5.74) is 8.82. The predicted octanol–water partition coefficient (Wildman–Crippen LogP) is 1.54. The van der Waals surface area contributed by atoms with Crippen LogP contribution in [0, 0.1) is 3.57 Å². The van der Waals surface area contributed by atoms with Gasteiger partial charge in [-0.2, -0.15) is 0 Å². The normalized spacial score (nSPS) is 9.00. The maximum atomic E-state index is 11.1. The molecule has 0 bridgehead atoms. The molecule has 0 saturated heterocycles. The molecule has 0 N–H and O–H groups in total. The van der Waals surface area contributed by atoms with Crippen LogP contribution in [0.3, 0.4) is 0 Å². The molecular formula is C7H3BIN3O. The van der Waals surface area contributed by atoms with Gasteiger partial charge in [-0.15, -0.1) is 0 Å². The quantitative estimate of drug-likeness (QED) is 0.253. The summed E-state index contributed by atoms with van der Waals surface area (Å²) in [7, 11) is 5.50. The molecule has 1 aromatic carbocycles. The number of nitrogens with zero attached hydrogens (tertiary/aromatic N) is 3. The topological polar surface area (TPSA) is 65.8 Å². The average Bonchev–Trinajstić information content (AvgIpc) is 2.03. The van der Waals surface area contributed by atoms with Gasteiger partial charge in [0.05, 0.1) is 0 Å². The standard InChI is InChI=1S/C7H3BIN3O/c8-5-1-4(2-6(9)3-5)7(13)11-12-10/h1-3H. The van der Waals surface area contributed by atoms with E-state index in [2.05, 4.69) is 10.0 Å². The van der Waals surface area contributed by atoms with E-state index >= 15 is 0 Å². The molecule has 0 atom stereocenters. The molecule has 4 nitrogen and oxygen atoms in total. The molecule has 0 aliphatic heterocycles. The molecule has 1 amide bonds. The lowest BCUT2D eigenvalue weighted by Gasteiger charge is -1.98. The lowest BCUT2D eigenvalue weighted by Crippen LogP contribution is -2.06. The Morgan fingerprint density at radius 1 is 1.54 bits per heavy atom. The van der Waals surface area contributed by atoms with Gasteiger partial charge >= 0.3 is 0 Å². The van der Waals surface area contributed by atoms with Crippen molar-refractivity contribution in [3.05, 3.63) is 37.8 Å². The van der Waals surface area contributed by atoms with Gasteiger partial charge in [-0.05, 0) is 39.3 Å². The molecule has 0 aliphatic carbocycles. The minimum Gasteiger partial charge on any atom is -0.287 e. The van der Waals surface area contributed by atoms with Crippen LogP contribution in [-0.2, 0) is 0 Å². The van der Waals surface area contributed by atoms with E-state index < -0.39 is 5.91 Å². The maximum absolute atomic E-state index is 11.1. The van der Waals surface area contributed by atoms with Gasteiger partial charge in [0.25, 0.3) is 0 Å². The van der Waals surface area contributed by atoms with Crippen molar-refractivity contribution >= 4 is 41.8 Å². The van der Waals surface area contributed by atoms with Gasteiger partial charge in [0, 0.05) is 14.0 Å². The van der Waals surface area contributed by atoms with E-state index in [1.165, 1.54) is 6.07 Å². The van der Waals surface area contributed by atoms with Crippen LogP contribution in [0.2, 0.25) is 0 Å². The number of hydrogen-bond acceptors (Lipinski definition) is 1. The van der Waals surface area contributed by atoms with Crippen LogP contribution in [0.25, 0.3) is 10.4 Å². The molecule has 1 rings (SSSR count). The van der Waals surface area contributed by atoms with E-state index in [-0.39, 0.29) is 0 Å². The summed E-state index contributed by atoms with van der Waals surface area (Å²) in [6.45, 7) is 0. The molecule has 0 heterocycles. The van der Waals surface area contributed by atoms with Gasteiger partial charge in [-0.25, -0.2) is 0 Å². The lowest BCUT2D eigenvalue weighted by molar-refractivity contribution is 0.100. The Morgan fingerprint density at radius 3 is 2.77 bits per heavy atom. The van der Waals surface area contributed by atoms with Crippen molar-refractivity contribution in [3.8, 4) is 0 Å². The Hall–Kier alpha value is -1.01. The predicted molar refractivity (Wildman–Crippen MR) is 58.0 cm³/mol. The van der Waals surface area contributed by atoms with Crippen LogP contribution in [0.4, 0.5) is 0 Å². The number of halogens is 1. The first-order chi connectivity index (χ1) is 6.13. The Morgan fingerprint density at radius 2 is 2.23 bits per heavy atom. The van der Waals surface area contributed by atoms with Crippen molar-refractivity contribution in [1.82, 2.24) is 0 Å². The molecule has 62 valence electrons. The van der Waals surface area contributed by atoms with Crippen LogP contribution in [0.1, 0.15) is 10.4 Å². The zero-order valence-corrected chi connectivity index (χ0v) is 8.59. The molecule has 6 heteroatoms. The lowest BCUT2D eigenvalue weighted by atomic mass is 9.94. The molecule has 0 aromatic heterocycles. The monoisotopic (exact) mass is 283 g/mol. The molecular weight excluding hydrogens is 280 g/mol. The van der Waals surface area contributed by atoms with E-state index in [0.717, 1.165) is 3.57 Å². The van der Waals surface area contributed by atoms with Gasteiger partial charge in [0.1, 0.15) is 7.85 Å². The highest BCUT2D eigenvalue weighted by Gasteiger charge is 2.03. The summed E-state index contributed by atoms with van der Waals surface area (Å²) in [6.07, 6.45) is 0. The summed E-state index contributed by atoms with van der Waals surface area (Å²) in [5, 5.41) is 2.96. The Labute approximate surface area is 89.5 Å². The van der Waals surface area contributed by atoms with Crippen LogP contribution in [0.5, 0.6) is 0 Å². The molecule has 13 heavy (non-hydrogen) atoms. The number of azide groups is 1. The van der Waals surface area contributed by atoms with Crippen LogP contribution < -0.4 is 5.46 Å². The third kappa shape index (κ3) is 2.75. The summed E-state index contributed by atoms with van der Waals surface area (Å²) in [6, 6.07) is 4.79. The van der Waals surface area contributed by atoms with Crippen molar-refractivity contribution in [3.63, 3.8) is 0 Å². The third-order valence-electron chi connectivity index (χ3n) is 1.30. The first-order valence-corrected chi connectivity index (χ1v) is 4.37. The Bertz CT molecular complexity index is 380.